The first-order valence-corrected chi connectivity index (χ1v) is 13.9. The van der Waals surface area contributed by atoms with Crippen molar-refractivity contribution in [2.75, 3.05) is 5.32 Å². The first kappa shape index (κ1) is 32.6. The van der Waals surface area contributed by atoms with Crippen LogP contribution in [-0.4, -0.2) is 52.9 Å². The largest absolute Gasteiger partial charge is 0.478 e. The zero-order valence-corrected chi connectivity index (χ0v) is 24.7. The van der Waals surface area contributed by atoms with Crippen LogP contribution in [0.5, 0.6) is 0 Å². The number of aryl methyl sites for hydroxylation is 2. The summed E-state index contributed by atoms with van der Waals surface area (Å²) in [7, 11) is 0. The molecule has 0 radical (unpaired) electrons. The number of anilines is 1. The third-order valence-corrected chi connectivity index (χ3v) is 6.56. The molecule has 0 bridgehead atoms. The Balaban J connectivity index is 1.47. The zero-order chi connectivity index (χ0) is 33.2. The molecule has 0 aliphatic carbocycles. The number of esters is 2. The van der Waals surface area contributed by atoms with Crippen LogP contribution in [0.15, 0.2) is 103 Å². The van der Waals surface area contributed by atoms with Crippen LogP contribution in [-0.2, 0) is 19.1 Å². The second-order valence-electron chi connectivity index (χ2n) is 10.1. The van der Waals surface area contributed by atoms with Crippen LogP contribution in [0.25, 0.3) is 0 Å². The van der Waals surface area contributed by atoms with E-state index in [0.29, 0.717) is 11.3 Å². The highest BCUT2D eigenvalue weighted by atomic mass is 16.6. The van der Waals surface area contributed by atoms with Crippen molar-refractivity contribution in [1.82, 2.24) is 10.9 Å². The monoisotopic (exact) mass is 623 g/mol. The Labute approximate surface area is 263 Å². The molecule has 4 N–H and O–H groups in total. The summed E-state index contributed by atoms with van der Waals surface area (Å²) in [4.78, 5) is 76.2. The number of carboxylic acids is 1. The number of ether oxygens (including phenoxy) is 2. The fourth-order valence-corrected chi connectivity index (χ4v) is 4.00. The minimum Gasteiger partial charge on any atom is -0.478 e. The summed E-state index contributed by atoms with van der Waals surface area (Å²) >= 11 is 0. The van der Waals surface area contributed by atoms with Gasteiger partial charge < -0.3 is 19.9 Å². The van der Waals surface area contributed by atoms with E-state index in [0.717, 1.165) is 11.1 Å². The molecule has 0 heterocycles. The molecule has 0 fully saturated rings. The molecule has 12 heteroatoms. The van der Waals surface area contributed by atoms with Crippen molar-refractivity contribution in [3.05, 3.63) is 137 Å². The molecule has 0 saturated heterocycles. The molecule has 4 rings (SSSR count). The predicted octanol–water partition coefficient (Wildman–Crippen LogP) is 3.85. The SMILES string of the molecule is Cc1ccc(C(=O)O[C@H](C(=O)NNC(=O)c2ccc(NC(=O)c3ccccc3)cc2)[C@@H](OC(=O)c2ccc(C)cc2)C(=O)O)cc1. The maximum Gasteiger partial charge on any atom is 0.349 e. The number of benzene rings is 4. The van der Waals surface area contributed by atoms with Gasteiger partial charge in [0.1, 0.15) is 0 Å². The number of carbonyl (C=O) groups excluding carboxylic acids is 5. The number of amides is 3. The van der Waals surface area contributed by atoms with Gasteiger partial charge in [-0.2, -0.15) is 0 Å². The number of hydrogen-bond acceptors (Lipinski definition) is 8. The number of carbonyl (C=O) groups is 6. The zero-order valence-electron chi connectivity index (χ0n) is 24.7. The molecule has 4 aromatic carbocycles. The molecule has 2 atom stereocenters. The molecular weight excluding hydrogens is 594 g/mol. The fourth-order valence-electron chi connectivity index (χ4n) is 4.00. The van der Waals surface area contributed by atoms with E-state index in [2.05, 4.69) is 10.7 Å². The lowest BCUT2D eigenvalue weighted by atomic mass is 10.1. The Bertz CT molecular complexity index is 1740. The molecular formula is C34H29N3O9. The van der Waals surface area contributed by atoms with Crippen molar-refractivity contribution >= 4 is 41.3 Å². The molecule has 0 aliphatic heterocycles. The maximum absolute atomic E-state index is 13.2. The smallest absolute Gasteiger partial charge is 0.349 e. The lowest BCUT2D eigenvalue weighted by Crippen LogP contribution is -2.54. The number of aliphatic carboxylic acids is 1. The lowest BCUT2D eigenvalue weighted by molar-refractivity contribution is -0.159. The van der Waals surface area contributed by atoms with Gasteiger partial charge >= 0.3 is 17.9 Å². The summed E-state index contributed by atoms with van der Waals surface area (Å²) in [5, 5.41) is 12.6. The third kappa shape index (κ3) is 8.63. The quantitative estimate of drug-likeness (QED) is 0.151. The summed E-state index contributed by atoms with van der Waals surface area (Å²) in [5.41, 5.74) is 6.71. The molecule has 4 aromatic rings. The molecule has 0 aliphatic rings. The van der Waals surface area contributed by atoms with E-state index >= 15 is 0 Å². The van der Waals surface area contributed by atoms with Gasteiger partial charge in [0, 0.05) is 16.8 Å². The molecule has 234 valence electrons. The Morgan fingerprint density at radius 2 is 1.00 bits per heavy atom. The topological polar surface area (TPSA) is 177 Å². The van der Waals surface area contributed by atoms with Gasteiger partial charge in [0.05, 0.1) is 11.1 Å². The summed E-state index contributed by atoms with van der Waals surface area (Å²) in [5.74, 6) is -6.40. The van der Waals surface area contributed by atoms with Crippen molar-refractivity contribution < 1.29 is 43.3 Å². The number of nitrogens with one attached hydrogen (secondary N) is 3. The standard InChI is InChI=1S/C34H29N3O9/c1-20-8-12-24(13-9-20)33(43)45-27(28(32(41)42)46-34(44)25-14-10-21(2)11-15-25)31(40)37-36-30(39)23-16-18-26(19-17-23)35-29(38)22-6-4-3-5-7-22/h3-19,27-28H,1-2H3,(H,35,38)(H,36,39)(H,37,40)(H,41,42)/t27-,28+/m0/s1. The van der Waals surface area contributed by atoms with E-state index in [1.807, 2.05) is 5.43 Å². The minimum absolute atomic E-state index is 0.000815. The van der Waals surface area contributed by atoms with Gasteiger partial charge in [0.15, 0.2) is 0 Å². The van der Waals surface area contributed by atoms with Crippen molar-refractivity contribution in [2.24, 2.45) is 0 Å². The van der Waals surface area contributed by atoms with Gasteiger partial charge in [-0.15, -0.1) is 0 Å². The summed E-state index contributed by atoms with van der Waals surface area (Å²) < 4.78 is 10.4. The average Bonchev–Trinajstić information content (AvgIpc) is 3.06. The first-order valence-electron chi connectivity index (χ1n) is 13.9. The van der Waals surface area contributed by atoms with Crippen LogP contribution in [0.4, 0.5) is 5.69 Å². The van der Waals surface area contributed by atoms with Gasteiger partial charge in [-0.25, -0.2) is 14.4 Å². The molecule has 46 heavy (non-hydrogen) atoms. The highest BCUT2D eigenvalue weighted by Gasteiger charge is 2.41. The minimum atomic E-state index is -2.28. The Morgan fingerprint density at radius 1 is 0.543 bits per heavy atom. The summed E-state index contributed by atoms with van der Waals surface area (Å²) in [6.45, 7) is 3.57. The predicted molar refractivity (Wildman–Crippen MR) is 165 cm³/mol. The van der Waals surface area contributed by atoms with Gasteiger partial charge in [-0.05, 0) is 74.5 Å². The molecule has 0 saturated carbocycles. The Kier molecular flexibility index (Phi) is 10.6. The molecule has 0 spiro atoms. The van der Waals surface area contributed by atoms with E-state index in [-0.39, 0.29) is 22.6 Å². The second kappa shape index (κ2) is 14.9. The second-order valence-corrected chi connectivity index (χ2v) is 10.1. The van der Waals surface area contributed by atoms with Crippen LogP contribution < -0.4 is 16.2 Å². The van der Waals surface area contributed by atoms with Crippen LogP contribution in [0.1, 0.15) is 52.6 Å². The van der Waals surface area contributed by atoms with Crippen molar-refractivity contribution in [2.45, 2.75) is 26.1 Å². The number of hydrazine groups is 1. The number of carboxylic acid groups (broad SMARTS) is 1. The van der Waals surface area contributed by atoms with E-state index < -0.39 is 41.9 Å². The lowest BCUT2D eigenvalue weighted by Gasteiger charge is -2.23. The van der Waals surface area contributed by atoms with Gasteiger partial charge in [0.2, 0.25) is 12.2 Å². The Hall–Kier alpha value is -6.30. The molecule has 3 amide bonds. The van der Waals surface area contributed by atoms with Gasteiger partial charge in [0.25, 0.3) is 17.7 Å². The highest BCUT2D eigenvalue weighted by molar-refractivity contribution is 6.04. The third-order valence-electron chi connectivity index (χ3n) is 6.56. The van der Waals surface area contributed by atoms with Crippen LogP contribution in [0, 0.1) is 13.8 Å². The van der Waals surface area contributed by atoms with E-state index in [9.17, 15) is 33.9 Å². The highest BCUT2D eigenvalue weighted by Crippen LogP contribution is 2.15. The number of hydrogen-bond donors (Lipinski definition) is 4. The average molecular weight is 624 g/mol. The van der Waals surface area contributed by atoms with Crippen molar-refractivity contribution in [3.8, 4) is 0 Å². The van der Waals surface area contributed by atoms with Crippen LogP contribution >= 0.6 is 0 Å². The van der Waals surface area contributed by atoms with Crippen LogP contribution in [0.3, 0.4) is 0 Å². The molecule has 12 nitrogen and oxygen atoms in total. The van der Waals surface area contributed by atoms with Crippen LogP contribution in [0.2, 0.25) is 0 Å². The van der Waals surface area contributed by atoms with E-state index in [4.69, 9.17) is 9.47 Å². The maximum atomic E-state index is 13.2. The normalized spacial score (nSPS) is 11.7. The van der Waals surface area contributed by atoms with Crippen molar-refractivity contribution in [1.29, 1.82) is 0 Å². The summed E-state index contributed by atoms with van der Waals surface area (Å²) in [6.07, 6.45) is -4.50. The molecule has 0 aromatic heterocycles. The van der Waals surface area contributed by atoms with Crippen molar-refractivity contribution in [3.63, 3.8) is 0 Å². The van der Waals surface area contributed by atoms with Gasteiger partial charge in [-0.3, -0.25) is 25.2 Å². The Morgan fingerprint density at radius 3 is 1.50 bits per heavy atom. The fraction of sp³-hybridized carbons (Fsp3) is 0.118. The number of rotatable bonds is 10. The molecule has 0 unspecified atom stereocenters. The van der Waals surface area contributed by atoms with E-state index in [1.54, 1.807) is 68.4 Å². The van der Waals surface area contributed by atoms with Gasteiger partial charge in [-0.1, -0.05) is 53.6 Å². The summed E-state index contributed by atoms with van der Waals surface area (Å²) in [6, 6.07) is 26.2. The first-order chi connectivity index (χ1) is 22.0. The van der Waals surface area contributed by atoms with E-state index in [1.165, 1.54) is 48.5 Å².